The van der Waals surface area contributed by atoms with Gasteiger partial charge in [-0.2, -0.15) is 0 Å². The molecular weight excluding hydrogens is 222 g/mol. The Labute approximate surface area is 111 Å². The van der Waals surface area contributed by atoms with Crippen LogP contribution in [0.25, 0.3) is 0 Å². The van der Waals surface area contributed by atoms with Crippen molar-refractivity contribution >= 4 is 0 Å². The quantitative estimate of drug-likeness (QED) is 0.861. The molecule has 1 aromatic carbocycles. The fraction of sp³-hybridized carbons (Fsp3) is 0.625. The average molecular weight is 247 g/mol. The van der Waals surface area contributed by atoms with Crippen molar-refractivity contribution in [3.8, 4) is 0 Å². The van der Waals surface area contributed by atoms with Crippen molar-refractivity contribution in [2.75, 3.05) is 19.8 Å². The van der Waals surface area contributed by atoms with Crippen molar-refractivity contribution in [1.82, 2.24) is 5.32 Å². The standard InChI is InChI=1S/C16H25NO/c1-4-17-16(10-14-8-9-18-11-14)15-7-5-6-12(2)13(15)3/h5-7,14,16-17H,4,8-11H2,1-3H3. The number of hydrogen-bond acceptors (Lipinski definition) is 2. The van der Waals surface area contributed by atoms with Crippen LogP contribution in [0.1, 0.15) is 42.5 Å². The summed E-state index contributed by atoms with van der Waals surface area (Å²) in [5.41, 5.74) is 4.28. The fourth-order valence-corrected chi connectivity index (χ4v) is 2.82. The highest BCUT2D eigenvalue weighted by Crippen LogP contribution is 2.29. The first-order valence-corrected chi connectivity index (χ1v) is 7.09. The molecule has 0 aromatic heterocycles. The SMILES string of the molecule is CCNC(CC1CCOC1)c1cccc(C)c1C. The van der Waals surface area contributed by atoms with Gasteiger partial charge in [0, 0.05) is 19.3 Å². The molecule has 2 rings (SSSR count). The summed E-state index contributed by atoms with van der Waals surface area (Å²) in [6.07, 6.45) is 2.41. The third-order valence-corrected chi connectivity index (χ3v) is 4.07. The van der Waals surface area contributed by atoms with Gasteiger partial charge in [0.1, 0.15) is 0 Å². The topological polar surface area (TPSA) is 21.3 Å². The van der Waals surface area contributed by atoms with E-state index in [1.807, 2.05) is 0 Å². The van der Waals surface area contributed by atoms with Gasteiger partial charge in [-0.15, -0.1) is 0 Å². The zero-order chi connectivity index (χ0) is 13.0. The molecule has 1 heterocycles. The van der Waals surface area contributed by atoms with E-state index in [-0.39, 0.29) is 0 Å². The van der Waals surface area contributed by atoms with Crippen LogP contribution in [0.3, 0.4) is 0 Å². The minimum atomic E-state index is 0.474. The van der Waals surface area contributed by atoms with Crippen LogP contribution in [0.5, 0.6) is 0 Å². The van der Waals surface area contributed by atoms with E-state index in [4.69, 9.17) is 4.74 Å². The number of aryl methyl sites for hydroxylation is 1. The molecule has 0 amide bonds. The molecular formula is C16H25NO. The lowest BCUT2D eigenvalue weighted by Crippen LogP contribution is -2.24. The molecule has 2 heteroatoms. The monoisotopic (exact) mass is 247 g/mol. The summed E-state index contributed by atoms with van der Waals surface area (Å²) in [7, 11) is 0. The first-order valence-electron chi connectivity index (χ1n) is 7.09. The number of rotatable bonds is 5. The van der Waals surface area contributed by atoms with Crippen molar-refractivity contribution < 1.29 is 4.74 Å². The number of nitrogens with one attached hydrogen (secondary N) is 1. The molecule has 1 fully saturated rings. The van der Waals surface area contributed by atoms with Crippen molar-refractivity contribution in [3.63, 3.8) is 0 Å². The van der Waals surface area contributed by atoms with Gasteiger partial charge in [0.2, 0.25) is 0 Å². The highest BCUT2D eigenvalue weighted by molar-refractivity contribution is 5.35. The van der Waals surface area contributed by atoms with Gasteiger partial charge < -0.3 is 10.1 Å². The predicted octanol–water partition coefficient (Wildman–Crippen LogP) is 3.38. The van der Waals surface area contributed by atoms with Gasteiger partial charge >= 0.3 is 0 Å². The summed E-state index contributed by atoms with van der Waals surface area (Å²) in [4.78, 5) is 0. The van der Waals surface area contributed by atoms with E-state index in [0.717, 1.165) is 19.8 Å². The lowest BCUT2D eigenvalue weighted by atomic mass is 9.90. The lowest BCUT2D eigenvalue weighted by molar-refractivity contribution is 0.181. The Morgan fingerprint density at radius 3 is 2.89 bits per heavy atom. The molecule has 100 valence electrons. The van der Waals surface area contributed by atoms with Gasteiger partial charge in [0.05, 0.1) is 0 Å². The second-order valence-electron chi connectivity index (χ2n) is 5.36. The van der Waals surface area contributed by atoms with Gasteiger partial charge in [-0.1, -0.05) is 25.1 Å². The summed E-state index contributed by atoms with van der Waals surface area (Å²) < 4.78 is 5.50. The molecule has 1 N–H and O–H groups in total. The highest BCUT2D eigenvalue weighted by atomic mass is 16.5. The third-order valence-electron chi connectivity index (χ3n) is 4.07. The molecule has 1 aromatic rings. The largest absolute Gasteiger partial charge is 0.381 e. The molecule has 1 aliphatic rings. The second-order valence-corrected chi connectivity index (χ2v) is 5.36. The number of ether oxygens (including phenoxy) is 1. The average Bonchev–Trinajstić information content (AvgIpc) is 2.85. The maximum absolute atomic E-state index is 5.50. The second kappa shape index (κ2) is 6.35. The molecule has 0 spiro atoms. The van der Waals surface area contributed by atoms with Crippen LogP contribution in [0.15, 0.2) is 18.2 Å². The molecule has 2 unspecified atom stereocenters. The Morgan fingerprint density at radius 2 is 2.22 bits per heavy atom. The number of benzene rings is 1. The van der Waals surface area contributed by atoms with E-state index >= 15 is 0 Å². The van der Waals surface area contributed by atoms with Crippen LogP contribution in [0, 0.1) is 19.8 Å². The van der Waals surface area contributed by atoms with Crippen molar-refractivity contribution in [1.29, 1.82) is 0 Å². The van der Waals surface area contributed by atoms with E-state index in [0.29, 0.717) is 12.0 Å². The first kappa shape index (κ1) is 13.6. The maximum Gasteiger partial charge on any atom is 0.0495 e. The fourth-order valence-electron chi connectivity index (χ4n) is 2.82. The summed E-state index contributed by atoms with van der Waals surface area (Å²) in [6.45, 7) is 9.51. The Balaban J connectivity index is 2.14. The van der Waals surface area contributed by atoms with E-state index in [9.17, 15) is 0 Å². The summed E-state index contributed by atoms with van der Waals surface area (Å²) >= 11 is 0. The van der Waals surface area contributed by atoms with Crippen molar-refractivity contribution in [2.24, 2.45) is 5.92 Å². The molecule has 1 saturated heterocycles. The van der Waals surface area contributed by atoms with Crippen LogP contribution >= 0.6 is 0 Å². The normalized spacial score (nSPS) is 21.2. The summed E-state index contributed by atoms with van der Waals surface area (Å²) in [6, 6.07) is 7.11. The molecule has 2 nitrogen and oxygen atoms in total. The van der Waals surface area contributed by atoms with Crippen LogP contribution < -0.4 is 5.32 Å². The number of hydrogen-bond donors (Lipinski definition) is 1. The van der Waals surface area contributed by atoms with E-state index in [2.05, 4.69) is 44.3 Å². The van der Waals surface area contributed by atoms with Crippen LogP contribution in [-0.4, -0.2) is 19.8 Å². The summed E-state index contributed by atoms with van der Waals surface area (Å²) in [5.74, 6) is 0.717. The third kappa shape index (κ3) is 3.12. The molecule has 0 radical (unpaired) electrons. The molecule has 1 aliphatic heterocycles. The predicted molar refractivity (Wildman–Crippen MR) is 75.9 cm³/mol. The zero-order valence-electron chi connectivity index (χ0n) is 11.8. The van der Waals surface area contributed by atoms with E-state index in [1.165, 1.54) is 29.5 Å². The Morgan fingerprint density at radius 1 is 1.39 bits per heavy atom. The van der Waals surface area contributed by atoms with Crippen molar-refractivity contribution in [3.05, 3.63) is 34.9 Å². The smallest absolute Gasteiger partial charge is 0.0495 e. The van der Waals surface area contributed by atoms with Gasteiger partial charge in [-0.25, -0.2) is 0 Å². The lowest BCUT2D eigenvalue weighted by Gasteiger charge is -2.23. The maximum atomic E-state index is 5.50. The minimum absolute atomic E-state index is 0.474. The first-order chi connectivity index (χ1) is 8.72. The Hall–Kier alpha value is -0.860. The Bertz CT molecular complexity index is 383. The zero-order valence-corrected chi connectivity index (χ0v) is 11.8. The molecule has 0 aliphatic carbocycles. The molecule has 2 atom stereocenters. The van der Waals surface area contributed by atoms with Crippen LogP contribution in [-0.2, 0) is 4.74 Å². The summed E-state index contributed by atoms with van der Waals surface area (Å²) in [5, 5.41) is 3.64. The van der Waals surface area contributed by atoms with Gasteiger partial charge in [-0.3, -0.25) is 0 Å². The molecule has 18 heavy (non-hydrogen) atoms. The highest BCUT2D eigenvalue weighted by Gasteiger charge is 2.22. The van der Waals surface area contributed by atoms with Gasteiger partial charge in [0.25, 0.3) is 0 Å². The van der Waals surface area contributed by atoms with Gasteiger partial charge in [-0.05, 0) is 55.8 Å². The van der Waals surface area contributed by atoms with Crippen molar-refractivity contribution in [2.45, 2.75) is 39.7 Å². The van der Waals surface area contributed by atoms with E-state index < -0.39 is 0 Å². The van der Waals surface area contributed by atoms with Crippen LogP contribution in [0.4, 0.5) is 0 Å². The minimum Gasteiger partial charge on any atom is -0.381 e. The van der Waals surface area contributed by atoms with Crippen LogP contribution in [0.2, 0.25) is 0 Å². The Kier molecular flexibility index (Phi) is 4.79. The van der Waals surface area contributed by atoms with Gasteiger partial charge in [0.15, 0.2) is 0 Å². The molecule has 0 bridgehead atoms. The molecule has 0 saturated carbocycles. The van der Waals surface area contributed by atoms with E-state index in [1.54, 1.807) is 0 Å².